The van der Waals surface area contributed by atoms with Gasteiger partial charge in [0.25, 0.3) is 0 Å². The van der Waals surface area contributed by atoms with Crippen molar-refractivity contribution in [1.82, 2.24) is 5.32 Å². The predicted molar refractivity (Wildman–Crippen MR) is 107 cm³/mol. The first-order chi connectivity index (χ1) is 10.1. The zero-order chi connectivity index (χ0) is 15.2. The van der Waals surface area contributed by atoms with Crippen LogP contribution in [0.2, 0.25) is 5.02 Å². The lowest BCUT2D eigenvalue weighted by Gasteiger charge is -2.21. The van der Waals surface area contributed by atoms with E-state index in [2.05, 4.69) is 34.8 Å². The van der Waals surface area contributed by atoms with Gasteiger partial charge in [0.15, 0.2) is 5.96 Å². The van der Waals surface area contributed by atoms with Gasteiger partial charge in [-0.05, 0) is 37.0 Å². The minimum atomic E-state index is 0. The van der Waals surface area contributed by atoms with Crippen LogP contribution in [-0.2, 0) is 0 Å². The Morgan fingerprint density at radius 1 is 1.59 bits per heavy atom. The lowest BCUT2D eigenvalue weighted by atomic mass is 10.1. The third-order valence-corrected chi connectivity index (χ3v) is 3.98. The van der Waals surface area contributed by atoms with Crippen molar-refractivity contribution in [3.63, 3.8) is 0 Å². The molecule has 0 saturated carbocycles. The number of anilines is 1. The highest BCUT2D eigenvalue weighted by Crippen LogP contribution is 2.29. The molecule has 1 aromatic rings. The predicted octanol–water partition coefficient (Wildman–Crippen LogP) is 3.18. The highest BCUT2D eigenvalue weighted by Gasteiger charge is 2.23. The number of guanidine groups is 1. The molecule has 22 heavy (non-hydrogen) atoms. The van der Waals surface area contributed by atoms with Crippen LogP contribution < -0.4 is 16.0 Å². The summed E-state index contributed by atoms with van der Waals surface area (Å²) in [7, 11) is 0. The highest BCUT2D eigenvalue weighted by molar-refractivity contribution is 14.0. The number of nitrogens with one attached hydrogen (secondary N) is 1. The summed E-state index contributed by atoms with van der Waals surface area (Å²) in [6.45, 7) is 9.20. The van der Waals surface area contributed by atoms with Gasteiger partial charge in [-0.25, -0.2) is 0 Å². The third kappa shape index (κ3) is 5.35. The molecule has 0 bridgehead atoms. The molecule has 1 saturated heterocycles. The molecule has 1 aliphatic heterocycles. The molecule has 2 rings (SSSR count). The van der Waals surface area contributed by atoms with Gasteiger partial charge in [0.05, 0.1) is 0 Å². The maximum absolute atomic E-state index is 6.10. The van der Waals surface area contributed by atoms with Gasteiger partial charge < -0.3 is 16.0 Å². The molecule has 4 nitrogen and oxygen atoms in total. The molecule has 122 valence electrons. The average Bonchev–Trinajstić information content (AvgIpc) is 2.94. The summed E-state index contributed by atoms with van der Waals surface area (Å²) in [5.74, 6) is 1.03. The van der Waals surface area contributed by atoms with E-state index >= 15 is 0 Å². The molecule has 1 aromatic carbocycles. The second-order valence-corrected chi connectivity index (χ2v) is 5.86. The van der Waals surface area contributed by atoms with Crippen LogP contribution in [0.1, 0.15) is 12.0 Å². The van der Waals surface area contributed by atoms with Gasteiger partial charge in [-0.3, -0.25) is 4.99 Å². The summed E-state index contributed by atoms with van der Waals surface area (Å²) in [6.07, 6.45) is 2.89. The fraction of sp³-hybridized carbons (Fsp3) is 0.438. The molecule has 0 amide bonds. The number of aliphatic imine (C=N–C) groups is 1. The van der Waals surface area contributed by atoms with Crippen LogP contribution >= 0.6 is 35.6 Å². The molecule has 0 spiro atoms. The van der Waals surface area contributed by atoms with Crippen molar-refractivity contribution < 1.29 is 0 Å². The highest BCUT2D eigenvalue weighted by atomic mass is 127. The van der Waals surface area contributed by atoms with Gasteiger partial charge in [0.2, 0.25) is 0 Å². The Labute approximate surface area is 154 Å². The molecule has 3 N–H and O–H groups in total. The molecule has 1 heterocycles. The Bertz CT molecular complexity index is 533. The summed E-state index contributed by atoms with van der Waals surface area (Å²) < 4.78 is 0. The number of halogens is 2. The third-order valence-electron chi connectivity index (χ3n) is 3.75. The van der Waals surface area contributed by atoms with E-state index in [4.69, 9.17) is 17.3 Å². The van der Waals surface area contributed by atoms with E-state index in [1.54, 1.807) is 6.08 Å². The second kappa shape index (κ2) is 9.25. The van der Waals surface area contributed by atoms with Crippen molar-refractivity contribution in [2.24, 2.45) is 16.6 Å². The fourth-order valence-corrected chi connectivity index (χ4v) is 2.75. The average molecular weight is 435 g/mol. The van der Waals surface area contributed by atoms with E-state index in [-0.39, 0.29) is 24.0 Å². The summed E-state index contributed by atoms with van der Waals surface area (Å²) in [5.41, 5.74) is 8.28. The molecule has 0 aliphatic carbocycles. The number of nitrogens with two attached hydrogens (primary N) is 1. The molecule has 1 atom stereocenters. The number of aryl methyl sites for hydroxylation is 1. The van der Waals surface area contributed by atoms with Crippen LogP contribution in [0.25, 0.3) is 0 Å². The van der Waals surface area contributed by atoms with Crippen LogP contribution in [0.15, 0.2) is 35.8 Å². The second-order valence-electron chi connectivity index (χ2n) is 5.43. The first-order valence-corrected chi connectivity index (χ1v) is 7.63. The number of benzene rings is 1. The standard InChI is InChI=1S/C16H23ClN4.HI/c1-3-7-19-16(18)20-10-13-6-8-21(11-13)15-9-14(17)5-4-12(15)2;/h3-5,9,13H,1,6-8,10-11H2,2H3,(H3,18,19,20);1H. The van der Waals surface area contributed by atoms with E-state index in [9.17, 15) is 0 Å². The maximum Gasteiger partial charge on any atom is 0.188 e. The molecule has 1 unspecified atom stereocenters. The minimum absolute atomic E-state index is 0. The molecular formula is C16H24ClIN4. The van der Waals surface area contributed by atoms with Crippen LogP contribution in [-0.4, -0.2) is 32.1 Å². The van der Waals surface area contributed by atoms with E-state index in [0.717, 1.165) is 31.1 Å². The summed E-state index contributed by atoms with van der Waals surface area (Å²) in [6, 6.07) is 6.05. The Kier molecular flexibility index (Phi) is 8.03. The van der Waals surface area contributed by atoms with Crippen molar-refractivity contribution in [2.45, 2.75) is 13.3 Å². The summed E-state index contributed by atoms with van der Waals surface area (Å²) in [5, 5.41) is 3.78. The van der Waals surface area contributed by atoms with Crippen LogP contribution in [0.4, 0.5) is 5.69 Å². The fourth-order valence-electron chi connectivity index (χ4n) is 2.58. The van der Waals surface area contributed by atoms with Crippen LogP contribution in [0.5, 0.6) is 0 Å². The lowest BCUT2D eigenvalue weighted by molar-refractivity contribution is 0.602. The van der Waals surface area contributed by atoms with Crippen molar-refractivity contribution >= 4 is 47.2 Å². The van der Waals surface area contributed by atoms with Crippen molar-refractivity contribution in [2.75, 3.05) is 31.1 Å². The molecule has 1 aliphatic rings. The van der Waals surface area contributed by atoms with E-state index in [1.807, 2.05) is 12.1 Å². The summed E-state index contributed by atoms with van der Waals surface area (Å²) in [4.78, 5) is 6.78. The molecule has 1 fully saturated rings. The van der Waals surface area contributed by atoms with E-state index in [0.29, 0.717) is 18.4 Å². The number of rotatable bonds is 5. The monoisotopic (exact) mass is 434 g/mol. The number of hydrogen-bond acceptors (Lipinski definition) is 2. The number of hydrogen-bond donors (Lipinski definition) is 2. The molecule has 0 radical (unpaired) electrons. The Hall–Kier alpha value is -0.950. The molecule has 6 heteroatoms. The van der Waals surface area contributed by atoms with E-state index in [1.165, 1.54) is 11.3 Å². The Balaban J connectivity index is 0.00000242. The first kappa shape index (κ1) is 19.1. The van der Waals surface area contributed by atoms with Crippen molar-refractivity contribution in [3.05, 3.63) is 41.4 Å². The minimum Gasteiger partial charge on any atom is -0.371 e. The van der Waals surface area contributed by atoms with Gasteiger partial charge in [-0.2, -0.15) is 0 Å². The van der Waals surface area contributed by atoms with Gasteiger partial charge in [0.1, 0.15) is 0 Å². The van der Waals surface area contributed by atoms with Gasteiger partial charge >= 0.3 is 0 Å². The van der Waals surface area contributed by atoms with Gasteiger partial charge in [-0.1, -0.05) is 23.7 Å². The number of nitrogens with zero attached hydrogens (tertiary/aromatic N) is 2. The van der Waals surface area contributed by atoms with Gasteiger partial charge in [-0.15, -0.1) is 30.6 Å². The zero-order valence-corrected chi connectivity index (χ0v) is 16.0. The first-order valence-electron chi connectivity index (χ1n) is 7.26. The lowest BCUT2D eigenvalue weighted by Crippen LogP contribution is -2.32. The van der Waals surface area contributed by atoms with Crippen molar-refractivity contribution in [1.29, 1.82) is 0 Å². The maximum atomic E-state index is 6.10. The quantitative estimate of drug-likeness (QED) is 0.324. The normalized spacial score (nSPS) is 18.0. The van der Waals surface area contributed by atoms with Crippen LogP contribution in [0, 0.1) is 12.8 Å². The zero-order valence-electron chi connectivity index (χ0n) is 12.9. The largest absolute Gasteiger partial charge is 0.371 e. The Morgan fingerprint density at radius 3 is 3.09 bits per heavy atom. The Morgan fingerprint density at radius 2 is 2.36 bits per heavy atom. The molecule has 0 aromatic heterocycles. The SMILES string of the molecule is C=CCNC(N)=NCC1CCN(c2cc(Cl)ccc2C)C1.I. The van der Waals surface area contributed by atoms with E-state index < -0.39 is 0 Å². The smallest absolute Gasteiger partial charge is 0.188 e. The summed E-state index contributed by atoms with van der Waals surface area (Å²) >= 11 is 6.10. The molecular weight excluding hydrogens is 411 g/mol. The van der Waals surface area contributed by atoms with Crippen LogP contribution in [0.3, 0.4) is 0 Å². The van der Waals surface area contributed by atoms with Crippen molar-refractivity contribution in [3.8, 4) is 0 Å². The topological polar surface area (TPSA) is 53.6 Å². The van der Waals surface area contributed by atoms with Gasteiger partial charge in [0, 0.05) is 36.9 Å².